The summed E-state index contributed by atoms with van der Waals surface area (Å²) in [4.78, 5) is 12.1. The van der Waals surface area contributed by atoms with Gasteiger partial charge in [-0.05, 0) is 69.0 Å². The Kier molecular flexibility index (Phi) is 6.72. The molecule has 0 bridgehead atoms. The number of carbonyl (C=O) groups is 1. The van der Waals surface area contributed by atoms with Crippen molar-refractivity contribution in [2.45, 2.75) is 46.0 Å². The van der Waals surface area contributed by atoms with Crippen LogP contribution in [0.25, 0.3) is 0 Å². The molecule has 0 spiro atoms. The summed E-state index contributed by atoms with van der Waals surface area (Å²) >= 11 is 0. The molecule has 1 amide bonds. The molecule has 4 heteroatoms. The van der Waals surface area contributed by atoms with E-state index in [2.05, 4.69) is 17.6 Å². The molecule has 1 unspecified atom stereocenters. The van der Waals surface area contributed by atoms with Crippen molar-refractivity contribution >= 4 is 11.6 Å². The Morgan fingerprint density at radius 3 is 3.00 bits per heavy atom. The topological polar surface area (TPSA) is 50.4 Å². The van der Waals surface area contributed by atoms with E-state index in [1.165, 1.54) is 6.42 Å². The average molecular weight is 304 g/mol. The molecule has 1 atom stereocenters. The minimum Gasteiger partial charge on any atom is -0.494 e. The van der Waals surface area contributed by atoms with E-state index < -0.39 is 0 Å². The minimum atomic E-state index is 0.106. The molecular formula is C18H28N2O2. The highest BCUT2D eigenvalue weighted by Gasteiger charge is 2.16. The van der Waals surface area contributed by atoms with Crippen molar-refractivity contribution in [1.29, 1.82) is 0 Å². The molecule has 1 aromatic carbocycles. The number of benzene rings is 1. The molecule has 1 saturated heterocycles. The first kappa shape index (κ1) is 16.8. The van der Waals surface area contributed by atoms with E-state index in [-0.39, 0.29) is 5.91 Å². The van der Waals surface area contributed by atoms with Crippen molar-refractivity contribution in [3.63, 3.8) is 0 Å². The lowest BCUT2D eigenvalue weighted by Crippen LogP contribution is -2.15. The molecule has 2 rings (SSSR count). The van der Waals surface area contributed by atoms with Crippen molar-refractivity contribution in [2.24, 2.45) is 5.92 Å². The fourth-order valence-corrected chi connectivity index (χ4v) is 2.71. The molecule has 0 aliphatic carbocycles. The first-order valence-corrected chi connectivity index (χ1v) is 8.43. The first-order chi connectivity index (χ1) is 10.7. The second-order valence-corrected chi connectivity index (χ2v) is 6.12. The third-order valence-electron chi connectivity index (χ3n) is 4.18. The molecule has 2 N–H and O–H groups in total. The lowest BCUT2D eigenvalue weighted by molar-refractivity contribution is -0.116. The second kappa shape index (κ2) is 8.79. The molecular weight excluding hydrogens is 276 g/mol. The number of unbranched alkanes of at least 4 members (excludes halogenated alkanes) is 1. The van der Waals surface area contributed by atoms with Gasteiger partial charge in [-0.3, -0.25) is 4.79 Å². The molecule has 1 fully saturated rings. The van der Waals surface area contributed by atoms with E-state index in [9.17, 15) is 4.79 Å². The van der Waals surface area contributed by atoms with Gasteiger partial charge < -0.3 is 15.4 Å². The Labute approximate surface area is 133 Å². The molecule has 0 aromatic heterocycles. The Hall–Kier alpha value is -1.55. The number of nitrogens with one attached hydrogen (secondary N) is 2. The molecule has 1 aliphatic rings. The number of hydrogen-bond donors (Lipinski definition) is 2. The summed E-state index contributed by atoms with van der Waals surface area (Å²) in [5.74, 6) is 1.64. The molecule has 122 valence electrons. The SMILES string of the molecule is CCCCOc1ccc(NC(=O)CCC2CCNC2)c(C)c1. The Bertz CT molecular complexity index is 482. The summed E-state index contributed by atoms with van der Waals surface area (Å²) in [6, 6.07) is 5.86. The van der Waals surface area contributed by atoms with Gasteiger partial charge in [0.15, 0.2) is 0 Å². The smallest absolute Gasteiger partial charge is 0.224 e. The van der Waals surface area contributed by atoms with Gasteiger partial charge in [0.25, 0.3) is 0 Å². The maximum Gasteiger partial charge on any atom is 0.224 e. The van der Waals surface area contributed by atoms with E-state index >= 15 is 0 Å². The van der Waals surface area contributed by atoms with Gasteiger partial charge in [0.05, 0.1) is 6.61 Å². The molecule has 1 aromatic rings. The molecule has 0 radical (unpaired) electrons. The number of rotatable bonds is 8. The predicted octanol–water partition coefficient (Wildman–Crippen LogP) is 3.50. The Morgan fingerprint density at radius 1 is 1.45 bits per heavy atom. The van der Waals surface area contributed by atoms with Crippen LogP contribution in [0.3, 0.4) is 0 Å². The number of hydrogen-bond acceptors (Lipinski definition) is 3. The van der Waals surface area contributed by atoms with Gasteiger partial charge in [-0.15, -0.1) is 0 Å². The van der Waals surface area contributed by atoms with Gasteiger partial charge in [0, 0.05) is 12.1 Å². The quantitative estimate of drug-likeness (QED) is 0.723. The summed E-state index contributed by atoms with van der Waals surface area (Å²) in [5, 5.41) is 6.35. The normalized spacial score (nSPS) is 17.5. The van der Waals surface area contributed by atoms with Gasteiger partial charge in [-0.1, -0.05) is 13.3 Å². The fourth-order valence-electron chi connectivity index (χ4n) is 2.71. The van der Waals surface area contributed by atoms with Gasteiger partial charge in [0.2, 0.25) is 5.91 Å². The van der Waals surface area contributed by atoms with E-state index in [1.54, 1.807) is 0 Å². The highest BCUT2D eigenvalue weighted by molar-refractivity contribution is 5.91. The molecule has 1 aliphatic heterocycles. The first-order valence-electron chi connectivity index (χ1n) is 8.43. The van der Waals surface area contributed by atoms with E-state index in [1.807, 2.05) is 25.1 Å². The highest BCUT2D eigenvalue weighted by atomic mass is 16.5. The van der Waals surface area contributed by atoms with Gasteiger partial charge >= 0.3 is 0 Å². The Morgan fingerprint density at radius 2 is 2.32 bits per heavy atom. The average Bonchev–Trinajstić information content (AvgIpc) is 3.01. The van der Waals surface area contributed by atoms with Crippen LogP contribution in [-0.4, -0.2) is 25.6 Å². The molecule has 4 nitrogen and oxygen atoms in total. The summed E-state index contributed by atoms with van der Waals surface area (Å²) in [6.45, 7) is 7.04. The van der Waals surface area contributed by atoms with E-state index in [4.69, 9.17) is 4.74 Å². The Balaban J connectivity index is 1.79. The van der Waals surface area contributed by atoms with Crippen LogP contribution >= 0.6 is 0 Å². The zero-order chi connectivity index (χ0) is 15.8. The van der Waals surface area contributed by atoms with Crippen molar-refractivity contribution < 1.29 is 9.53 Å². The third kappa shape index (κ3) is 5.34. The van der Waals surface area contributed by atoms with Crippen LogP contribution < -0.4 is 15.4 Å². The zero-order valence-corrected chi connectivity index (χ0v) is 13.8. The van der Waals surface area contributed by atoms with Gasteiger partial charge in [-0.2, -0.15) is 0 Å². The van der Waals surface area contributed by atoms with Crippen LogP contribution in [0.4, 0.5) is 5.69 Å². The lowest BCUT2D eigenvalue weighted by atomic mass is 10.0. The predicted molar refractivity (Wildman–Crippen MR) is 90.4 cm³/mol. The maximum atomic E-state index is 12.1. The largest absolute Gasteiger partial charge is 0.494 e. The second-order valence-electron chi connectivity index (χ2n) is 6.12. The van der Waals surface area contributed by atoms with Crippen molar-refractivity contribution in [3.8, 4) is 5.75 Å². The van der Waals surface area contributed by atoms with E-state index in [0.29, 0.717) is 12.3 Å². The summed E-state index contributed by atoms with van der Waals surface area (Å²) in [5.41, 5.74) is 1.93. The molecule has 22 heavy (non-hydrogen) atoms. The number of aryl methyl sites for hydroxylation is 1. The highest BCUT2D eigenvalue weighted by Crippen LogP contribution is 2.22. The minimum absolute atomic E-state index is 0.106. The van der Waals surface area contributed by atoms with Crippen LogP contribution in [0, 0.1) is 12.8 Å². The van der Waals surface area contributed by atoms with Crippen LogP contribution in [-0.2, 0) is 4.79 Å². The van der Waals surface area contributed by atoms with Gasteiger partial charge in [0.1, 0.15) is 5.75 Å². The van der Waals surface area contributed by atoms with Crippen molar-refractivity contribution in [3.05, 3.63) is 23.8 Å². The van der Waals surface area contributed by atoms with Crippen LogP contribution in [0.1, 0.15) is 44.6 Å². The number of anilines is 1. The van der Waals surface area contributed by atoms with Crippen LogP contribution in [0.5, 0.6) is 5.75 Å². The van der Waals surface area contributed by atoms with Gasteiger partial charge in [-0.25, -0.2) is 0 Å². The van der Waals surface area contributed by atoms with Crippen LogP contribution in [0.2, 0.25) is 0 Å². The van der Waals surface area contributed by atoms with Crippen LogP contribution in [0.15, 0.2) is 18.2 Å². The fraction of sp³-hybridized carbons (Fsp3) is 0.611. The monoisotopic (exact) mass is 304 g/mol. The lowest BCUT2D eigenvalue weighted by Gasteiger charge is -2.12. The standard InChI is InChI=1S/C18H28N2O2/c1-3-4-11-22-16-6-7-17(14(2)12-16)20-18(21)8-5-15-9-10-19-13-15/h6-7,12,15,19H,3-5,8-11,13H2,1-2H3,(H,20,21). The molecule has 1 heterocycles. The summed E-state index contributed by atoms with van der Waals surface area (Å²) in [7, 11) is 0. The zero-order valence-electron chi connectivity index (χ0n) is 13.8. The summed E-state index contributed by atoms with van der Waals surface area (Å²) < 4.78 is 5.68. The number of carbonyl (C=O) groups excluding carboxylic acids is 1. The number of amides is 1. The van der Waals surface area contributed by atoms with Crippen molar-refractivity contribution in [2.75, 3.05) is 25.0 Å². The van der Waals surface area contributed by atoms with Crippen molar-refractivity contribution in [1.82, 2.24) is 5.32 Å². The maximum absolute atomic E-state index is 12.1. The third-order valence-corrected chi connectivity index (χ3v) is 4.18. The van der Waals surface area contributed by atoms with E-state index in [0.717, 1.165) is 56.0 Å². The number of ether oxygens (including phenoxy) is 1. The molecule has 0 saturated carbocycles. The summed E-state index contributed by atoms with van der Waals surface area (Å²) in [6.07, 6.45) is 4.95.